The molecule has 0 aliphatic heterocycles. The number of fused-ring (bicyclic) bond motifs is 1. The number of hydrogen-bond donors (Lipinski definition) is 1. The number of aromatic nitrogens is 2. The number of nitrogens with one attached hydrogen (secondary N) is 1. The van der Waals surface area contributed by atoms with E-state index in [1.54, 1.807) is 30.0 Å². The van der Waals surface area contributed by atoms with Crippen molar-refractivity contribution in [3.05, 3.63) is 80.6 Å². The van der Waals surface area contributed by atoms with Gasteiger partial charge >= 0.3 is 0 Å². The molecule has 1 fully saturated rings. The van der Waals surface area contributed by atoms with Crippen LogP contribution < -0.4 is 10.9 Å². The molecule has 1 amide bonds. The van der Waals surface area contributed by atoms with Crippen LogP contribution in [0.5, 0.6) is 0 Å². The molecule has 2 aromatic carbocycles. The summed E-state index contributed by atoms with van der Waals surface area (Å²) in [6.07, 6.45) is 13.5. The van der Waals surface area contributed by atoms with Crippen LogP contribution in [-0.2, 0) is 5.75 Å². The number of thioether (sulfide) groups is 1. The van der Waals surface area contributed by atoms with Crippen LogP contribution in [0.1, 0.15) is 86.2 Å². The van der Waals surface area contributed by atoms with Gasteiger partial charge in [-0.25, -0.2) is 4.98 Å². The monoisotopic (exact) mass is 535 g/mol. The molecule has 0 unspecified atom stereocenters. The van der Waals surface area contributed by atoms with Crippen molar-refractivity contribution in [2.45, 2.75) is 81.2 Å². The Morgan fingerprint density at radius 1 is 1.08 bits per heavy atom. The number of carbonyl (C=O) groups is 1. The zero-order valence-electron chi connectivity index (χ0n) is 21.2. The minimum absolute atomic E-state index is 0.0123. The Hall–Kier alpha value is -2.57. The van der Waals surface area contributed by atoms with Gasteiger partial charge < -0.3 is 5.32 Å². The number of allylic oxidation sites excluding steroid dienone is 1. The maximum Gasteiger partial charge on any atom is 0.262 e. The SMILES string of the molecule is O=C(NCCC1=CCCCC1)c1ccc2c(=O)n(C3CCCCC3)c(SCc3cccc(Cl)c3)nc2c1. The average molecular weight is 536 g/mol. The molecule has 2 aliphatic carbocycles. The molecule has 0 atom stereocenters. The van der Waals surface area contributed by atoms with E-state index in [0.717, 1.165) is 50.5 Å². The van der Waals surface area contributed by atoms with Crippen LogP contribution in [-0.4, -0.2) is 22.0 Å². The van der Waals surface area contributed by atoms with Crippen molar-refractivity contribution in [3.63, 3.8) is 0 Å². The highest BCUT2D eigenvalue weighted by atomic mass is 35.5. The molecule has 1 saturated carbocycles. The van der Waals surface area contributed by atoms with Crippen LogP contribution in [0.15, 0.2) is 64.1 Å². The third kappa shape index (κ3) is 6.47. The second kappa shape index (κ2) is 12.3. The number of benzene rings is 2. The molecule has 1 aromatic heterocycles. The summed E-state index contributed by atoms with van der Waals surface area (Å²) in [4.78, 5) is 31.6. The number of carbonyl (C=O) groups excluding carboxylic acids is 1. The standard InChI is InChI=1S/C30H34ClN3O2S/c31-24-11-7-10-22(18-24)20-37-30-33-27-19-23(28(35)32-17-16-21-8-3-1-4-9-21)14-15-26(27)29(36)34(30)25-12-5-2-6-13-25/h7-8,10-11,14-15,18-19,25H,1-6,9,12-13,16-17,20H2,(H,32,35). The summed E-state index contributed by atoms with van der Waals surface area (Å²) in [5, 5.41) is 5.03. The Morgan fingerprint density at radius 3 is 2.73 bits per heavy atom. The molecule has 37 heavy (non-hydrogen) atoms. The molecular weight excluding hydrogens is 502 g/mol. The third-order valence-corrected chi connectivity index (χ3v) is 8.70. The van der Waals surface area contributed by atoms with Crippen LogP contribution >= 0.6 is 23.4 Å². The van der Waals surface area contributed by atoms with E-state index in [1.807, 2.05) is 28.8 Å². The van der Waals surface area contributed by atoms with Gasteiger partial charge in [0.25, 0.3) is 11.5 Å². The number of nitrogens with zero attached hydrogens (tertiary/aromatic N) is 2. The molecule has 0 radical (unpaired) electrons. The highest BCUT2D eigenvalue weighted by molar-refractivity contribution is 7.98. The van der Waals surface area contributed by atoms with Crippen LogP contribution in [0.25, 0.3) is 10.9 Å². The number of rotatable bonds is 8. The Bertz CT molecular complexity index is 1360. The summed E-state index contributed by atoms with van der Waals surface area (Å²) < 4.78 is 1.91. The first-order chi connectivity index (χ1) is 18.1. The second-order valence-electron chi connectivity index (χ2n) is 10.1. The minimum atomic E-state index is -0.121. The maximum atomic E-state index is 13.7. The van der Waals surface area contributed by atoms with E-state index in [4.69, 9.17) is 16.6 Å². The van der Waals surface area contributed by atoms with E-state index in [0.29, 0.717) is 38.9 Å². The van der Waals surface area contributed by atoms with E-state index < -0.39 is 0 Å². The lowest BCUT2D eigenvalue weighted by molar-refractivity contribution is 0.0954. The molecule has 7 heteroatoms. The van der Waals surface area contributed by atoms with Gasteiger partial charge in [-0.15, -0.1) is 0 Å². The lowest BCUT2D eigenvalue weighted by atomic mass is 9.95. The zero-order valence-corrected chi connectivity index (χ0v) is 22.8. The van der Waals surface area contributed by atoms with Crippen molar-refractivity contribution in [2.24, 2.45) is 0 Å². The van der Waals surface area contributed by atoms with Crippen molar-refractivity contribution in [1.82, 2.24) is 14.9 Å². The summed E-state index contributed by atoms with van der Waals surface area (Å²) in [5.41, 5.74) is 3.63. The summed E-state index contributed by atoms with van der Waals surface area (Å²) in [5.74, 6) is 0.547. The van der Waals surface area contributed by atoms with Crippen molar-refractivity contribution in [1.29, 1.82) is 0 Å². The number of hydrogen-bond acceptors (Lipinski definition) is 4. The van der Waals surface area contributed by atoms with Gasteiger partial charge in [-0.05, 0) is 80.8 Å². The van der Waals surface area contributed by atoms with Crippen LogP contribution in [0.2, 0.25) is 5.02 Å². The molecule has 5 nitrogen and oxygen atoms in total. The van der Waals surface area contributed by atoms with Gasteiger partial charge in [-0.2, -0.15) is 0 Å². The summed E-state index contributed by atoms with van der Waals surface area (Å²) >= 11 is 7.75. The Morgan fingerprint density at radius 2 is 1.95 bits per heavy atom. The first kappa shape index (κ1) is 26.1. The number of halogens is 1. The van der Waals surface area contributed by atoms with Crippen LogP contribution in [0.4, 0.5) is 0 Å². The second-order valence-corrected chi connectivity index (χ2v) is 11.5. The van der Waals surface area contributed by atoms with Crippen molar-refractivity contribution in [3.8, 4) is 0 Å². The first-order valence-corrected chi connectivity index (χ1v) is 14.8. The predicted molar refractivity (Wildman–Crippen MR) is 153 cm³/mol. The van der Waals surface area contributed by atoms with E-state index in [-0.39, 0.29) is 17.5 Å². The molecule has 0 saturated heterocycles. The fourth-order valence-corrected chi connectivity index (χ4v) is 6.65. The van der Waals surface area contributed by atoms with Gasteiger partial charge in [0.2, 0.25) is 0 Å². The molecule has 1 N–H and O–H groups in total. The fourth-order valence-electron chi connectivity index (χ4n) is 5.43. The largest absolute Gasteiger partial charge is 0.352 e. The van der Waals surface area contributed by atoms with Gasteiger partial charge in [0, 0.05) is 28.9 Å². The molecule has 3 aromatic rings. The summed E-state index contributed by atoms with van der Waals surface area (Å²) in [6, 6.07) is 13.2. The van der Waals surface area contributed by atoms with Gasteiger partial charge in [-0.3, -0.25) is 14.2 Å². The normalized spacial score (nSPS) is 16.5. The zero-order chi connectivity index (χ0) is 25.6. The predicted octanol–water partition coefficient (Wildman–Crippen LogP) is 7.47. The summed E-state index contributed by atoms with van der Waals surface area (Å²) in [6.45, 7) is 0.625. The Labute approximate surface area is 227 Å². The third-order valence-electron chi connectivity index (χ3n) is 7.44. The highest BCUT2D eigenvalue weighted by Gasteiger charge is 2.22. The Kier molecular flexibility index (Phi) is 8.67. The van der Waals surface area contributed by atoms with Gasteiger partial charge in [0.1, 0.15) is 0 Å². The molecule has 1 heterocycles. The Balaban J connectivity index is 1.40. The smallest absolute Gasteiger partial charge is 0.262 e. The molecular formula is C30H34ClN3O2S. The van der Waals surface area contributed by atoms with Gasteiger partial charge in [0.05, 0.1) is 10.9 Å². The first-order valence-electron chi connectivity index (χ1n) is 13.5. The lowest BCUT2D eigenvalue weighted by Crippen LogP contribution is -2.29. The lowest BCUT2D eigenvalue weighted by Gasteiger charge is -2.26. The molecule has 0 spiro atoms. The van der Waals surface area contributed by atoms with Crippen molar-refractivity contribution < 1.29 is 4.79 Å². The summed E-state index contributed by atoms with van der Waals surface area (Å²) in [7, 11) is 0. The molecule has 5 rings (SSSR count). The van der Waals surface area contributed by atoms with Gasteiger partial charge in [-0.1, -0.05) is 66.4 Å². The maximum absolute atomic E-state index is 13.7. The van der Waals surface area contributed by atoms with Crippen molar-refractivity contribution >= 4 is 40.2 Å². The van der Waals surface area contributed by atoms with E-state index in [2.05, 4.69) is 11.4 Å². The van der Waals surface area contributed by atoms with Crippen molar-refractivity contribution in [2.75, 3.05) is 6.54 Å². The molecule has 194 valence electrons. The van der Waals surface area contributed by atoms with Gasteiger partial charge in [0.15, 0.2) is 5.16 Å². The van der Waals surface area contributed by atoms with Crippen LogP contribution in [0, 0.1) is 0 Å². The average Bonchev–Trinajstić information content (AvgIpc) is 2.93. The quantitative estimate of drug-likeness (QED) is 0.184. The van der Waals surface area contributed by atoms with Crippen LogP contribution in [0.3, 0.4) is 0 Å². The molecule has 0 bridgehead atoms. The van der Waals surface area contributed by atoms with E-state index in [9.17, 15) is 9.59 Å². The minimum Gasteiger partial charge on any atom is -0.352 e. The van der Waals surface area contributed by atoms with E-state index >= 15 is 0 Å². The highest BCUT2D eigenvalue weighted by Crippen LogP contribution is 2.32. The fraction of sp³-hybridized carbons (Fsp3) is 0.433. The van der Waals surface area contributed by atoms with E-state index in [1.165, 1.54) is 24.8 Å². The number of amides is 1. The topological polar surface area (TPSA) is 64.0 Å². The molecule has 2 aliphatic rings.